The molecule has 1 aromatic carbocycles. The molecule has 0 bridgehead atoms. The fourth-order valence-electron chi connectivity index (χ4n) is 2.45. The van der Waals surface area contributed by atoms with Crippen LogP contribution in [0.4, 0.5) is 22.0 Å². The number of carbonyl (C=O) groups excluding carboxylic acids is 1. The number of Topliss-reactive ketones (excluding diaryl/α,β-unsaturated/α-hetero) is 1. The zero-order valence-corrected chi connectivity index (χ0v) is 17.1. The fraction of sp³-hybridized carbons (Fsp3) is 0.444. The fourth-order valence-corrected chi connectivity index (χ4v) is 2.88. The molecule has 0 N–H and O–H groups in total. The molecular weight excluding hydrogens is 451 g/mol. The van der Waals surface area contributed by atoms with Crippen molar-refractivity contribution in [3.05, 3.63) is 45.2 Å². The normalized spacial score (nSPS) is 12.4. The van der Waals surface area contributed by atoms with Crippen LogP contribution in [0.15, 0.2) is 16.6 Å². The van der Waals surface area contributed by atoms with Gasteiger partial charge in [0.15, 0.2) is 17.3 Å². The summed E-state index contributed by atoms with van der Waals surface area (Å²) in [4.78, 5) is 12.5. The smallest absolute Gasteiger partial charge is 0.401 e. The summed E-state index contributed by atoms with van der Waals surface area (Å²) < 4.78 is 73.7. The van der Waals surface area contributed by atoms with Gasteiger partial charge in [-0.25, -0.2) is 4.39 Å². The predicted molar refractivity (Wildman–Crippen MR) is 95.4 cm³/mol. The highest BCUT2D eigenvalue weighted by Crippen LogP contribution is 2.40. The number of nitrogens with zero attached hydrogens (tertiary/aromatic N) is 2. The molecule has 0 spiro atoms. The number of carbonyl (C=O) groups is 1. The molecule has 0 aliphatic heterocycles. The zero-order chi connectivity index (χ0) is 21.4. The second-order valence-corrected chi connectivity index (χ2v) is 7.61. The predicted octanol–water partition coefficient (Wildman–Crippen LogP) is 5.16. The Labute approximate surface area is 166 Å². The van der Waals surface area contributed by atoms with Crippen molar-refractivity contribution in [1.29, 1.82) is 0 Å². The number of aromatic nitrogens is 2. The third-order valence-electron chi connectivity index (χ3n) is 4.55. The first-order valence-electron chi connectivity index (χ1n) is 8.19. The lowest BCUT2D eigenvalue weighted by molar-refractivity contribution is -0.192. The molecule has 0 unspecified atom stereocenters. The van der Waals surface area contributed by atoms with Gasteiger partial charge in [0.2, 0.25) is 5.82 Å². The van der Waals surface area contributed by atoms with Crippen LogP contribution in [0.1, 0.15) is 35.6 Å². The summed E-state index contributed by atoms with van der Waals surface area (Å²) >= 11 is 3.04. The number of benzene rings is 1. The van der Waals surface area contributed by atoms with Crippen molar-refractivity contribution in [2.75, 3.05) is 6.61 Å². The van der Waals surface area contributed by atoms with E-state index in [0.717, 1.165) is 19.9 Å². The molecule has 1 heterocycles. The lowest BCUT2D eigenvalue weighted by Gasteiger charge is -2.25. The number of rotatable bonds is 6. The molecule has 0 atom stereocenters. The molecule has 0 radical (unpaired) electrons. The molecule has 10 heteroatoms. The standard InChI is InChI=1S/C18H18BrF5N2O2/c1-9-10(7-8-28-15-11(19)5-6-12(20)13(15)21)14(25-26(9)4)16(27)17(2,3)18(22,23)24/h5-6H,7-8H2,1-4H3. The van der Waals surface area contributed by atoms with Crippen LogP contribution < -0.4 is 4.74 Å². The van der Waals surface area contributed by atoms with E-state index in [1.807, 2.05) is 0 Å². The minimum absolute atomic E-state index is 0.0168. The molecule has 28 heavy (non-hydrogen) atoms. The van der Waals surface area contributed by atoms with Crippen LogP contribution in [0, 0.1) is 24.0 Å². The summed E-state index contributed by atoms with van der Waals surface area (Å²) in [5.41, 5.74) is -2.20. The maximum Gasteiger partial charge on any atom is 0.401 e. The van der Waals surface area contributed by atoms with Gasteiger partial charge in [0.05, 0.1) is 11.1 Å². The van der Waals surface area contributed by atoms with Gasteiger partial charge in [-0.1, -0.05) is 0 Å². The van der Waals surface area contributed by atoms with Crippen molar-refractivity contribution in [1.82, 2.24) is 9.78 Å². The van der Waals surface area contributed by atoms with E-state index in [0.29, 0.717) is 5.69 Å². The summed E-state index contributed by atoms with van der Waals surface area (Å²) in [5.74, 6) is -3.81. The van der Waals surface area contributed by atoms with Crippen molar-refractivity contribution in [3.63, 3.8) is 0 Å². The van der Waals surface area contributed by atoms with Crippen molar-refractivity contribution < 1.29 is 31.5 Å². The Balaban J connectivity index is 2.29. The molecule has 0 amide bonds. The van der Waals surface area contributed by atoms with Crippen LogP contribution in [-0.2, 0) is 13.5 Å². The summed E-state index contributed by atoms with van der Waals surface area (Å²) in [6, 6.07) is 2.19. The third kappa shape index (κ3) is 4.06. The number of ether oxygens (including phenoxy) is 1. The van der Waals surface area contributed by atoms with Gasteiger partial charge in [0.25, 0.3) is 0 Å². The number of halogens is 6. The van der Waals surface area contributed by atoms with Gasteiger partial charge >= 0.3 is 6.18 Å². The highest BCUT2D eigenvalue weighted by Gasteiger charge is 2.54. The van der Waals surface area contributed by atoms with Crippen molar-refractivity contribution >= 4 is 21.7 Å². The molecule has 0 aliphatic rings. The Morgan fingerprint density at radius 3 is 2.43 bits per heavy atom. The zero-order valence-electron chi connectivity index (χ0n) is 15.5. The molecule has 4 nitrogen and oxygen atoms in total. The van der Waals surface area contributed by atoms with Crippen LogP contribution in [-0.4, -0.2) is 28.3 Å². The molecule has 154 valence electrons. The van der Waals surface area contributed by atoms with E-state index in [-0.39, 0.29) is 34.5 Å². The molecule has 0 fully saturated rings. The number of alkyl halides is 3. The SMILES string of the molecule is Cc1c(CCOc2c(Br)ccc(F)c2F)c(C(=O)C(C)(C)C(F)(F)F)nn1C. The molecular formula is C18H18BrF5N2O2. The lowest BCUT2D eigenvalue weighted by Crippen LogP contribution is -2.40. The van der Waals surface area contributed by atoms with Crippen LogP contribution >= 0.6 is 15.9 Å². The highest BCUT2D eigenvalue weighted by molar-refractivity contribution is 9.10. The van der Waals surface area contributed by atoms with Crippen molar-refractivity contribution in [2.24, 2.45) is 12.5 Å². The quantitative estimate of drug-likeness (QED) is 0.334. The number of hydrogen-bond acceptors (Lipinski definition) is 3. The average molecular weight is 469 g/mol. The van der Waals surface area contributed by atoms with E-state index < -0.39 is 29.0 Å². The molecule has 0 saturated heterocycles. The highest BCUT2D eigenvalue weighted by atomic mass is 79.9. The van der Waals surface area contributed by atoms with Crippen LogP contribution in [0.5, 0.6) is 5.75 Å². The topological polar surface area (TPSA) is 44.1 Å². The van der Waals surface area contributed by atoms with Gasteiger partial charge < -0.3 is 4.74 Å². The summed E-state index contributed by atoms with van der Waals surface area (Å²) in [5, 5.41) is 3.93. The number of ketones is 1. The van der Waals surface area contributed by atoms with Crippen LogP contribution in [0.2, 0.25) is 0 Å². The Morgan fingerprint density at radius 1 is 1.25 bits per heavy atom. The summed E-state index contributed by atoms with van der Waals surface area (Å²) in [7, 11) is 1.50. The number of aryl methyl sites for hydroxylation is 1. The maximum absolute atomic E-state index is 13.8. The Hall–Kier alpha value is -1.97. The van der Waals surface area contributed by atoms with E-state index in [9.17, 15) is 26.7 Å². The van der Waals surface area contributed by atoms with Gasteiger partial charge in [-0.3, -0.25) is 9.48 Å². The Morgan fingerprint density at radius 2 is 1.86 bits per heavy atom. The third-order valence-corrected chi connectivity index (χ3v) is 5.17. The molecule has 1 aromatic heterocycles. The first-order valence-corrected chi connectivity index (χ1v) is 8.98. The monoisotopic (exact) mass is 468 g/mol. The van der Waals surface area contributed by atoms with E-state index in [2.05, 4.69) is 21.0 Å². The summed E-state index contributed by atoms with van der Waals surface area (Å²) in [6.07, 6.45) is -4.77. The second-order valence-electron chi connectivity index (χ2n) is 6.76. The van der Waals surface area contributed by atoms with Gasteiger partial charge in [0, 0.05) is 24.7 Å². The van der Waals surface area contributed by atoms with E-state index in [1.165, 1.54) is 17.8 Å². The van der Waals surface area contributed by atoms with E-state index in [4.69, 9.17) is 4.74 Å². The molecule has 2 aromatic rings. The van der Waals surface area contributed by atoms with Crippen LogP contribution in [0.3, 0.4) is 0 Å². The summed E-state index contributed by atoms with van der Waals surface area (Å²) in [6.45, 7) is 2.98. The molecule has 0 aliphatic carbocycles. The lowest BCUT2D eigenvalue weighted by atomic mass is 9.84. The Kier molecular flexibility index (Phi) is 6.22. The van der Waals surface area contributed by atoms with Crippen LogP contribution in [0.25, 0.3) is 0 Å². The van der Waals surface area contributed by atoms with Gasteiger partial charge in [0.1, 0.15) is 11.1 Å². The van der Waals surface area contributed by atoms with E-state index in [1.54, 1.807) is 6.92 Å². The van der Waals surface area contributed by atoms with Gasteiger partial charge in [-0.2, -0.15) is 22.7 Å². The second kappa shape index (κ2) is 7.81. The first-order chi connectivity index (χ1) is 12.8. The minimum atomic E-state index is -4.75. The Bertz CT molecular complexity index is 906. The number of hydrogen-bond donors (Lipinski definition) is 0. The average Bonchev–Trinajstić information content (AvgIpc) is 2.87. The van der Waals surface area contributed by atoms with Gasteiger partial charge in [-0.15, -0.1) is 0 Å². The molecule has 2 rings (SSSR count). The van der Waals surface area contributed by atoms with Gasteiger partial charge in [-0.05, 0) is 48.8 Å². The van der Waals surface area contributed by atoms with E-state index >= 15 is 0 Å². The van der Waals surface area contributed by atoms with Crippen molar-refractivity contribution in [2.45, 2.75) is 33.4 Å². The van der Waals surface area contributed by atoms with Crippen molar-refractivity contribution in [3.8, 4) is 5.75 Å². The first kappa shape index (κ1) is 22.3. The molecule has 0 saturated carbocycles. The maximum atomic E-state index is 13.8. The minimum Gasteiger partial charge on any atom is -0.489 e. The largest absolute Gasteiger partial charge is 0.489 e.